The smallest absolute Gasteiger partial charge is 0.251 e. The van der Waals surface area contributed by atoms with Crippen molar-refractivity contribution in [2.24, 2.45) is 0 Å². The molecule has 2 aliphatic rings. The van der Waals surface area contributed by atoms with E-state index < -0.39 is 0 Å². The van der Waals surface area contributed by atoms with Gasteiger partial charge in [-0.3, -0.25) is 4.79 Å². The molecule has 0 aromatic heterocycles. The molecule has 0 radical (unpaired) electrons. The van der Waals surface area contributed by atoms with Crippen LogP contribution in [-0.4, -0.2) is 44.5 Å². The third kappa shape index (κ3) is 3.19. The third-order valence-electron chi connectivity index (χ3n) is 3.90. The molecule has 1 N–H and O–H groups in total. The Kier molecular flexibility index (Phi) is 4.41. The van der Waals surface area contributed by atoms with Crippen molar-refractivity contribution < 1.29 is 19.0 Å². The number of amides is 1. The van der Waals surface area contributed by atoms with Gasteiger partial charge in [0.2, 0.25) is 0 Å². The molecule has 0 spiro atoms. The minimum atomic E-state index is -0.0800. The molecule has 3 rings (SSSR count). The molecule has 1 amide bonds. The highest BCUT2D eigenvalue weighted by atomic mass is 16.5. The Morgan fingerprint density at radius 3 is 3.19 bits per heavy atom. The lowest BCUT2D eigenvalue weighted by molar-refractivity contribution is 0.0402. The molecule has 0 bridgehead atoms. The Morgan fingerprint density at radius 2 is 2.33 bits per heavy atom. The van der Waals surface area contributed by atoms with E-state index in [1.807, 2.05) is 25.1 Å². The molecular formula is C16H21NO4. The number of ether oxygens (including phenoxy) is 3. The number of fused-ring (bicyclic) bond motifs is 1. The van der Waals surface area contributed by atoms with E-state index in [4.69, 9.17) is 14.2 Å². The SMILES string of the molecule is CCOC1COCC1NC(=O)c1ccc2c(c1)CCCO2. The van der Waals surface area contributed by atoms with Crippen molar-refractivity contribution in [3.63, 3.8) is 0 Å². The summed E-state index contributed by atoms with van der Waals surface area (Å²) in [7, 11) is 0. The number of nitrogens with one attached hydrogen (secondary N) is 1. The summed E-state index contributed by atoms with van der Waals surface area (Å²) in [6.45, 7) is 4.37. The average Bonchev–Trinajstić information content (AvgIpc) is 2.94. The number of rotatable bonds is 4. The maximum Gasteiger partial charge on any atom is 0.251 e. The highest BCUT2D eigenvalue weighted by Crippen LogP contribution is 2.25. The lowest BCUT2D eigenvalue weighted by Crippen LogP contribution is -2.43. The molecular weight excluding hydrogens is 270 g/mol. The Balaban J connectivity index is 1.67. The summed E-state index contributed by atoms with van der Waals surface area (Å²) in [4.78, 5) is 12.4. The number of hydrogen-bond donors (Lipinski definition) is 1. The molecule has 21 heavy (non-hydrogen) atoms. The maximum absolute atomic E-state index is 12.4. The Hall–Kier alpha value is -1.59. The number of benzene rings is 1. The Labute approximate surface area is 124 Å². The van der Waals surface area contributed by atoms with Crippen molar-refractivity contribution in [2.45, 2.75) is 31.9 Å². The van der Waals surface area contributed by atoms with Gasteiger partial charge in [-0.25, -0.2) is 0 Å². The van der Waals surface area contributed by atoms with Gasteiger partial charge in [-0.1, -0.05) is 0 Å². The molecule has 2 unspecified atom stereocenters. The molecule has 0 aliphatic carbocycles. The van der Waals surface area contributed by atoms with Crippen LogP contribution in [0, 0.1) is 0 Å². The first-order chi connectivity index (χ1) is 10.3. The van der Waals surface area contributed by atoms with Crippen LogP contribution in [0.4, 0.5) is 0 Å². The van der Waals surface area contributed by atoms with Gasteiger partial charge in [-0.05, 0) is 43.5 Å². The second kappa shape index (κ2) is 6.45. The number of aryl methyl sites for hydroxylation is 1. The fraction of sp³-hybridized carbons (Fsp3) is 0.562. The van der Waals surface area contributed by atoms with Gasteiger partial charge in [-0.15, -0.1) is 0 Å². The van der Waals surface area contributed by atoms with Gasteiger partial charge < -0.3 is 19.5 Å². The van der Waals surface area contributed by atoms with Crippen molar-refractivity contribution in [1.82, 2.24) is 5.32 Å². The van der Waals surface area contributed by atoms with Crippen LogP contribution in [0.15, 0.2) is 18.2 Å². The molecule has 2 atom stereocenters. The van der Waals surface area contributed by atoms with Crippen molar-refractivity contribution in [2.75, 3.05) is 26.4 Å². The van der Waals surface area contributed by atoms with E-state index >= 15 is 0 Å². The second-order valence-corrected chi connectivity index (χ2v) is 5.39. The van der Waals surface area contributed by atoms with Crippen LogP contribution in [0.3, 0.4) is 0 Å². The van der Waals surface area contributed by atoms with Crippen LogP contribution in [-0.2, 0) is 15.9 Å². The minimum Gasteiger partial charge on any atom is -0.493 e. The van der Waals surface area contributed by atoms with Gasteiger partial charge >= 0.3 is 0 Å². The monoisotopic (exact) mass is 291 g/mol. The van der Waals surface area contributed by atoms with Crippen LogP contribution >= 0.6 is 0 Å². The molecule has 2 heterocycles. The Morgan fingerprint density at radius 1 is 1.43 bits per heavy atom. The van der Waals surface area contributed by atoms with Gasteiger partial charge in [0.15, 0.2) is 0 Å². The van der Waals surface area contributed by atoms with Gasteiger partial charge in [0.05, 0.1) is 25.9 Å². The summed E-state index contributed by atoms with van der Waals surface area (Å²) in [5, 5.41) is 3.01. The molecule has 1 aromatic carbocycles. The van der Waals surface area contributed by atoms with Gasteiger partial charge in [0.25, 0.3) is 5.91 Å². The summed E-state index contributed by atoms with van der Waals surface area (Å²) in [5.74, 6) is 0.817. The normalized spacial score (nSPS) is 24.2. The predicted molar refractivity (Wildman–Crippen MR) is 77.7 cm³/mol. The summed E-state index contributed by atoms with van der Waals surface area (Å²) in [6.07, 6.45) is 1.91. The first-order valence-electron chi connectivity index (χ1n) is 7.54. The summed E-state index contributed by atoms with van der Waals surface area (Å²) >= 11 is 0. The second-order valence-electron chi connectivity index (χ2n) is 5.39. The van der Waals surface area contributed by atoms with Gasteiger partial charge in [-0.2, -0.15) is 0 Å². The number of carbonyl (C=O) groups is 1. The van der Waals surface area contributed by atoms with Crippen molar-refractivity contribution in [3.05, 3.63) is 29.3 Å². The summed E-state index contributed by atoms with van der Waals surface area (Å²) in [6, 6.07) is 5.54. The van der Waals surface area contributed by atoms with E-state index in [1.165, 1.54) is 0 Å². The fourth-order valence-corrected chi connectivity index (χ4v) is 2.80. The van der Waals surface area contributed by atoms with Gasteiger partial charge in [0, 0.05) is 12.2 Å². The zero-order chi connectivity index (χ0) is 14.7. The summed E-state index contributed by atoms with van der Waals surface area (Å²) < 4.78 is 16.5. The van der Waals surface area contributed by atoms with E-state index in [0.717, 1.165) is 30.8 Å². The van der Waals surface area contributed by atoms with E-state index in [9.17, 15) is 4.79 Å². The van der Waals surface area contributed by atoms with Gasteiger partial charge in [0.1, 0.15) is 11.9 Å². The number of carbonyl (C=O) groups excluding carboxylic acids is 1. The largest absolute Gasteiger partial charge is 0.493 e. The first-order valence-corrected chi connectivity index (χ1v) is 7.54. The van der Waals surface area contributed by atoms with Crippen LogP contribution in [0.1, 0.15) is 29.3 Å². The molecule has 5 heteroatoms. The first kappa shape index (κ1) is 14.4. The molecule has 5 nitrogen and oxygen atoms in total. The van der Waals surface area contributed by atoms with Crippen LogP contribution < -0.4 is 10.1 Å². The maximum atomic E-state index is 12.4. The molecule has 1 aromatic rings. The topological polar surface area (TPSA) is 56.8 Å². The van der Waals surface area contributed by atoms with Crippen molar-refractivity contribution in [3.8, 4) is 5.75 Å². The fourth-order valence-electron chi connectivity index (χ4n) is 2.80. The van der Waals surface area contributed by atoms with Crippen molar-refractivity contribution >= 4 is 5.91 Å². The van der Waals surface area contributed by atoms with Crippen LogP contribution in [0.5, 0.6) is 5.75 Å². The molecule has 2 aliphatic heterocycles. The average molecular weight is 291 g/mol. The lowest BCUT2D eigenvalue weighted by Gasteiger charge is -2.20. The molecule has 114 valence electrons. The lowest BCUT2D eigenvalue weighted by atomic mass is 10.0. The zero-order valence-corrected chi connectivity index (χ0v) is 12.3. The molecule has 0 saturated carbocycles. The highest BCUT2D eigenvalue weighted by molar-refractivity contribution is 5.94. The van der Waals surface area contributed by atoms with E-state index in [-0.39, 0.29) is 18.1 Å². The van der Waals surface area contributed by atoms with Crippen molar-refractivity contribution in [1.29, 1.82) is 0 Å². The third-order valence-corrected chi connectivity index (χ3v) is 3.90. The quantitative estimate of drug-likeness (QED) is 0.914. The number of hydrogen-bond acceptors (Lipinski definition) is 4. The standard InChI is InChI=1S/C16H21NO4/c1-2-20-15-10-19-9-13(15)17-16(18)12-5-6-14-11(8-12)4-3-7-21-14/h5-6,8,13,15H,2-4,7,9-10H2,1H3,(H,17,18). The van der Waals surface area contributed by atoms with E-state index in [2.05, 4.69) is 5.32 Å². The van der Waals surface area contributed by atoms with E-state index in [1.54, 1.807) is 0 Å². The molecule has 1 fully saturated rings. The highest BCUT2D eigenvalue weighted by Gasteiger charge is 2.30. The minimum absolute atomic E-state index is 0.0556. The van der Waals surface area contributed by atoms with Crippen LogP contribution in [0.2, 0.25) is 0 Å². The van der Waals surface area contributed by atoms with Crippen LogP contribution in [0.25, 0.3) is 0 Å². The van der Waals surface area contributed by atoms with E-state index in [0.29, 0.717) is 25.4 Å². The zero-order valence-electron chi connectivity index (χ0n) is 12.3. The molecule has 1 saturated heterocycles. The summed E-state index contributed by atoms with van der Waals surface area (Å²) in [5.41, 5.74) is 1.78. The Bertz CT molecular complexity index is 517. The predicted octanol–water partition coefficient (Wildman–Crippen LogP) is 1.55.